The molecule has 1 aliphatic rings. The molecule has 2 aromatic heterocycles. The Hall–Kier alpha value is -3.22. The Morgan fingerprint density at radius 3 is 2.89 bits per heavy atom. The van der Waals surface area contributed by atoms with Gasteiger partial charge in [0.05, 0.1) is 22.7 Å². The molecule has 138 valence electrons. The second-order valence-electron chi connectivity index (χ2n) is 6.92. The molecule has 0 bridgehead atoms. The van der Waals surface area contributed by atoms with Gasteiger partial charge in [-0.15, -0.1) is 0 Å². The molecule has 0 spiro atoms. The Balaban J connectivity index is 1.60. The highest BCUT2D eigenvalue weighted by Gasteiger charge is 2.21. The minimum Gasteiger partial charge on any atom is -0.345 e. The highest BCUT2D eigenvalue weighted by Crippen LogP contribution is 2.27. The SMILES string of the molecule is Cc1cc(C(=O)NC(C)c2ccc3c(c2)CCC(=O)N3)c2c(C)noc2n1. The fourth-order valence-electron chi connectivity index (χ4n) is 3.43. The number of hydrogen-bond acceptors (Lipinski definition) is 5. The summed E-state index contributed by atoms with van der Waals surface area (Å²) in [5, 5.41) is 10.5. The Bertz CT molecular complexity index is 1070. The molecule has 3 aromatic rings. The van der Waals surface area contributed by atoms with Gasteiger partial charge in [-0.05, 0) is 50.5 Å². The summed E-state index contributed by atoms with van der Waals surface area (Å²) in [5.74, 6) is -0.159. The van der Waals surface area contributed by atoms with Crippen LogP contribution in [0.5, 0.6) is 0 Å². The van der Waals surface area contributed by atoms with Crippen molar-refractivity contribution in [1.82, 2.24) is 15.5 Å². The fourth-order valence-corrected chi connectivity index (χ4v) is 3.43. The van der Waals surface area contributed by atoms with Crippen LogP contribution in [0.1, 0.15) is 52.3 Å². The van der Waals surface area contributed by atoms with Gasteiger partial charge in [-0.25, -0.2) is 4.98 Å². The molecule has 0 aliphatic carbocycles. The summed E-state index contributed by atoms with van der Waals surface area (Å²) < 4.78 is 5.21. The van der Waals surface area contributed by atoms with E-state index >= 15 is 0 Å². The number of nitrogens with zero attached hydrogens (tertiary/aromatic N) is 2. The van der Waals surface area contributed by atoms with Gasteiger partial charge < -0.3 is 15.2 Å². The Kier molecular flexibility index (Phi) is 4.14. The third kappa shape index (κ3) is 3.16. The number of pyridine rings is 1. The second kappa shape index (κ2) is 6.50. The number of nitrogens with one attached hydrogen (secondary N) is 2. The number of hydrogen-bond donors (Lipinski definition) is 2. The summed E-state index contributed by atoms with van der Waals surface area (Å²) >= 11 is 0. The van der Waals surface area contributed by atoms with Gasteiger partial charge in [-0.1, -0.05) is 17.3 Å². The van der Waals surface area contributed by atoms with Crippen molar-refractivity contribution in [3.8, 4) is 0 Å². The van der Waals surface area contributed by atoms with Crippen LogP contribution in [0.15, 0.2) is 28.8 Å². The molecule has 1 atom stereocenters. The van der Waals surface area contributed by atoms with Gasteiger partial charge in [-0.2, -0.15) is 0 Å². The number of fused-ring (bicyclic) bond motifs is 2. The molecule has 0 saturated carbocycles. The van der Waals surface area contributed by atoms with Crippen molar-refractivity contribution < 1.29 is 14.1 Å². The van der Waals surface area contributed by atoms with E-state index in [1.54, 1.807) is 13.0 Å². The largest absolute Gasteiger partial charge is 0.345 e. The Morgan fingerprint density at radius 2 is 2.07 bits per heavy atom. The van der Waals surface area contributed by atoms with Gasteiger partial charge in [0.25, 0.3) is 11.6 Å². The lowest BCUT2D eigenvalue weighted by molar-refractivity contribution is -0.116. The lowest BCUT2D eigenvalue weighted by atomic mass is 9.97. The maximum atomic E-state index is 12.9. The van der Waals surface area contributed by atoms with Gasteiger partial charge in [0.1, 0.15) is 0 Å². The number of aryl methyl sites for hydroxylation is 3. The van der Waals surface area contributed by atoms with Crippen LogP contribution in [0.4, 0.5) is 5.69 Å². The monoisotopic (exact) mass is 364 g/mol. The second-order valence-corrected chi connectivity index (χ2v) is 6.92. The molecule has 4 rings (SSSR count). The first-order valence-electron chi connectivity index (χ1n) is 8.89. The molecule has 3 heterocycles. The fraction of sp³-hybridized carbons (Fsp3) is 0.300. The van der Waals surface area contributed by atoms with Gasteiger partial charge in [0, 0.05) is 17.8 Å². The van der Waals surface area contributed by atoms with Gasteiger partial charge in [0.2, 0.25) is 5.91 Å². The van der Waals surface area contributed by atoms with E-state index in [1.807, 2.05) is 32.0 Å². The third-order valence-electron chi connectivity index (χ3n) is 4.86. The van der Waals surface area contributed by atoms with Crippen LogP contribution in [-0.4, -0.2) is 22.0 Å². The Morgan fingerprint density at radius 1 is 1.26 bits per heavy atom. The van der Waals surface area contributed by atoms with E-state index < -0.39 is 0 Å². The van der Waals surface area contributed by atoms with Gasteiger partial charge in [0.15, 0.2) is 0 Å². The van der Waals surface area contributed by atoms with E-state index in [0.29, 0.717) is 40.9 Å². The highest BCUT2D eigenvalue weighted by molar-refractivity contribution is 6.06. The van der Waals surface area contributed by atoms with Crippen molar-refractivity contribution in [3.63, 3.8) is 0 Å². The molecule has 2 N–H and O–H groups in total. The number of amides is 2. The van der Waals surface area contributed by atoms with E-state index in [0.717, 1.165) is 16.8 Å². The predicted molar refractivity (Wildman–Crippen MR) is 101 cm³/mol. The van der Waals surface area contributed by atoms with Crippen molar-refractivity contribution in [1.29, 1.82) is 0 Å². The standard InChI is InChI=1S/C20H20N4O3/c1-10-8-15(18-12(3)24-27-20(18)21-10)19(26)22-11(2)13-4-6-16-14(9-13)5-7-17(25)23-16/h4,6,8-9,11H,5,7H2,1-3H3,(H,22,26)(H,23,25). The minimum absolute atomic E-state index is 0.0396. The highest BCUT2D eigenvalue weighted by atomic mass is 16.5. The van der Waals surface area contributed by atoms with E-state index in [9.17, 15) is 9.59 Å². The van der Waals surface area contributed by atoms with E-state index in [1.165, 1.54) is 0 Å². The van der Waals surface area contributed by atoms with Crippen molar-refractivity contribution in [2.24, 2.45) is 0 Å². The third-order valence-corrected chi connectivity index (χ3v) is 4.86. The van der Waals surface area contributed by atoms with Crippen molar-refractivity contribution in [2.75, 3.05) is 5.32 Å². The smallest absolute Gasteiger partial charge is 0.258 e. The predicted octanol–water partition coefficient (Wildman–Crippen LogP) is 3.22. The Labute approximate surface area is 156 Å². The number of carbonyl (C=O) groups is 2. The zero-order chi connectivity index (χ0) is 19.1. The quantitative estimate of drug-likeness (QED) is 0.744. The molecule has 7 nitrogen and oxygen atoms in total. The normalized spacial score (nSPS) is 14.6. The van der Waals surface area contributed by atoms with Crippen molar-refractivity contribution in [3.05, 3.63) is 52.3 Å². The molecule has 27 heavy (non-hydrogen) atoms. The lowest BCUT2D eigenvalue weighted by Crippen LogP contribution is -2.27. The first-order chi connectivity index (χ1) is 12.9. The van der Waals surface area contributed by atoms with Crippen molar-refractivity contribution in [2.45, 2.75) is 39.7 Å². The molecule has 1 aromatic carbocycles. The lowest BCUT2D eigenvalue weighted by Gasteiger charge is -2.20. The van der Waals surface area contributed by atoms with E-state index in [-0.39, 0.29) is 17.9 Å². The summed E-state index contributed by atoms with van der Waals surface area (Å²) in [6.07, 6.45) is 1.19. The zero-order valence-corrected chi connectivity index (χ0v) is 15.4. The molecule has 0 saturated heterocycles. The summed E-state index contributed by atoms with van der Waals surface area (Å²) in [5.41, 5.74) is 5.14. The van der Waals surface area contributed by atoms with Crippen LogP contribution in [-0.2, 0) is 11.2 Å². The van der Waals surface area contributed by atoms with Crippen LogP contribution >= 0.6 is 0 Å². The average molecular weight is 364 g/mol. The maximum absolute atomic E-state index is 12.9. The van der Waals surface area contributed by atoms with E-state index in [4.69, 9.17) is 4.52 Å². The molecule has 1 aliphatic heterocycles. The molecular formula is C20H20N4O3. The van der Waals surface area contributed by atoms with E-state index in [2.05, 4.69) is 20.8 Å². The summed E-state index contributed by atoms with van der Waals surface area (Å²) in [7, 11) is 0. The van der Waals surface area contributed by atoms with Crippen LogP contribution in [0.25, 0.3) is 11.1 Å². The first kappa shape index (κ1) is 17.2. The first-order valence-corrected chi connectivity index (χ1v) is 8.89. The molecular weight excluding hydrogens is 344 g/mol. The van der Waals surface area contributed by atoms with Gasteiger partial charge >= 0.3 is 0 Å². The number of anilines is 1. The molecule has 2 amide bonds. The summed E-state index contributed by atoms with van der Waals surface area (Å²) in [6, 6.07) is 7.41. The van der Waals surface area contributed by atoms with Crippen LogP contribution in [0.2, 0.25) is 0 Å². The zero-order valence-electron chi connectivity index (χ0n) is 15.4. The van der Waals surface area contributed by atoms with Crippen LogP contribution in [0.3, 0.4) is 0 Å². The number of aromatic nitrogens is 2. The van der Waals surface area contributed by atoms with Crippen LogP contribution < -0.4 is 10.6 Å². The molecule has 1 unspecified atom stereocenters. The number of rotatable bonds is 3. The topological polar surface area (TPSA) is 97.1 Å². The minimum atomic E-state index is -0.199. The van der Waals surface area contributed by atoms with Gasteiger partial charge in [-0.3, -0.25) is 9.59 Å². The molecule has 7 heteroatoms. The summed E-state index contributed by atoms with van der Waals surface area (Å²) in [4.78, 5) is 28.7. The van der Waals surface area contributed by atoms with Crippen molar-refractivity contribution >= 4 is 28.6 Å². The molecule has 0 radical (unpaired) electrons. The number of benzene rings is 1. The van der Waals surface area contributed by atoms with Crippen LogP contribution in [0, 0.1) is 13.8 Å². The average Bonchev–Trinajstić information content (AvgIpc) is 3.01. The number of carbonyl (C=O) groups excluding carboxylic acids is 2. The summed E-state index contributed by atoms with van der Waals surface area (Å²) in [6.45, 7) is 5.54. The molecule has 0 fully saturated rings. The maximum Gasteiger partial charge on any atom is 0.258 e.